The maximum Gasteiger partial charge on any atom is 0.137 e. The van der Waals surface area contributed by atoms with Gasteiger partial charge in [0.05, 0.1) is 18.2 Å². The zero-order valence-corrected chi connectivity index (χ0v) is 13.6. The lowest BCUT2D eigenvalue weighted by Gasteiger charge is -2.20. The maximum atomic E-state index is 6.13. The summed E-state index contributed by atoms with van der Waals surface area (Å²) in [5.41, 5.74) is 3.67. The highest BCUT2D eigenvalue weighted by molar-refractivity contribution is 6.32. The number of aryl methyl sites for hydroxylation is 1. The summed E-state index contributed by atoms with van der Waals surface area (Å²) >= 11 is 6.13. The molecule has 2 rings (SSSR count). The fourth-order valence-electron chi connectivity index (χ4n) is 2.33. The summed E-state index contributed by atoms with van der Waals surface area (Å²) in [6, 6.07) is 14.7. The van der Waals surface area contributed by atoms with Gasteiger partial charge in [0.15, 0.2) is 0 Å². The molecule has 0 aromatic heterocycles. The van der Waals surface area contributed by atoms with Gasteiger partial charge in [-0.1, -0.05) is 54.4 Å². The summed E-state index contributed by atoms with van der Waals surface area (Å²) in [5, 5.41) is 4.23. The summed E-state index contributed by atoms with van der Waals surface area (Å²) in [7, 11) is 1.64. The van der Waals surface area contributed by atoms with Crippen molar-refractivity contribution < 1.29 is 4.74 Å². The van der Waals surface area contributed by atoms with Crippen molar-refractivity contribution in [3.8, 4) is 5.75 Å². The van der Waals surface area contributed by atoms with Crippen LogP contribution in [0.4, 0.5) is 0 Å². The predicted octanol–water partition coefficient (Wildman–Crippen LogP) is 4.75. The van der Waals surface area contributed by atoms with Gasteiger partial charge in [-0.25, -0.2) is 0 Å². The van der Waals surface area contributed by atoms with Gasteiger partial charge in [-0.2, -0.15) is 0 Å². The molecule has 2 aromatic carbocycles. The third kappa shape index (κ3) is 3.99. The second-order valence-electron chi connectivity index (χ2n) is 5.19. The largest absolute Gasteiger partial charge is 0.495 e. The van der Waals surface area contributed by atoms with Gasteiger partial charge >= 0.3 is 0 Å². The molecule has 1 atom stereocenters. The van der Waals surface area contributed by atoms with Crippen LogP contribution in [0.1, 0.15) is 36.1 Å². The minimum atomic E-state index is 0.150. The first-order valence-corrected chi connectivity index (χ1v) is 7.67. The van der Waals surface area contributed by atoms with E-state index in [4.69, 9.17) is 16.3 Å². The first-order chi connectivity index (χ1) is 10.2. The molecule has 0 saturated carbocycles. The molecule has 0 saturated heterocycles. The molecule has 0 radical (unpaired) electrons. The Balaban J connectivity index is 2.37. The summed E-state index contributed by atoms with van der Waals surface area (Å²) in [5.74, 6) is 0.713. The lowest BCUT2D eigenvalue weighted by molar-refractivity contribution is 0.414. The zero-order chi connectivity index (χ0) is 15.2. The molecule has 112 valence electrons. The minimum Gasteiger partial charge on any atom is -0.495 e. The smallest absolute Gasteiger partial charge is 0.137 e. The Morgan fingerprint density at radius 2 is 1.76 bits per heavy atom. The SMILES string of the molecule is CCCNC(c1ccc(C)cc1)c1ccc(Cl)c(OC)c1. The quantitative estimate of drug-likeness (QED) is 0.832. The Labute approximate surface area is 132 Å². The summed E-state index contributed by atoms with van der Waals surface area (Å²) in [6.45, 7) is 5.23. The Morgan fingerprint density at radius 3 is 2.38 bits per heavy atom. The Hall–Kier alpha value is -1.51. The van der Waals surface area contributed by atoms with Crippen molar-refractivity contribution in [2.45, 2.75) is 26.3 Å². The predicted molar refractivity (Wildman–Crippen MR) is 89.3 cm³/mol. The summed E-state index contributed by atoms with van der Waals surface area (Å²) < 4.78 is 5.34. The molecule has 0 amide bonds. The van der Waals surface area contributed by atoms with Crippen LogP contribution in [0.3, 0.4) is 0 Å². The van der Waals surface area contributed by atoms with Gasteiger partial charge in [-0.05, 0) is 43.1 Å². The van der Waals surface area contributed by atoms with E-state index in [0.717, 1.165) is 18.5 Å². The number of rotatable bonds is 6. The van der Waals surface area contributed by atoms with Crippen LogP contribution >= 0.6 is 11.6 Å². The number of methoxy groups -OCH3 is 1. The molecule has 0 aliphatic carbocycles. The van der Waals surface area contributed by atoms with E-state index in [1.54, 1.807) is 7.11 Å². The first kappa shape index (κ1) is 15.9. The number of ether oxygens (including phenoxy) is 1. The van der Waals surface area contributed by atoms with Crippen LogP contribution < -0.4 is 10.1 Å². The second kappa shape index (κ2) is 7.48. The molecule has 1 N–H and O–H groups in total. The standard InChI is InChI=1S/C18H22ClNO/c1-4-11-20-18(14-7-5-13(2)6-8-14)15-9-10-16(19)17(12-15)21-3/h5-10,12,18,20H,4,11H2,1-3H3. The van der Waals surface area contributed by atoms with Crippen molar-refractivity contribution in [2.75, 3.05) is 13.7 Å². The summed E-state index contributed by atoms with van der Waals surface area (Å²) in [4.78, 5) is 0. The molecule has 3 heteroatoms. The molecule has 2 nitrogen and oxygen atoms in total. The first-order valence-electron chi connectivity index (χ1n) is 7.29. The van der Waals surface area contributed by atoms with E-state index in [-0.39, 0.29) is 6.04 Å². The molecule has 0 aliphatic rings. The summed E-state index contributed by atoms with van der Waals surface area (Å²) in [6.07, 6.45) is 1.09. The molecule has 2 aromatic rings. The topological polar surface area (TPSA) is 21.3 Å². The van der Waals surface area contributed by atoms with Gasteiger partial charge in [0.1, 0.15) is 5.75 Å². The fraction of sp³-hybridized carbons (Fsp3) is 0.333. The Kier molecular flexibility index (Phi) is 5.66. The van der Waals surface area contributed by atoms with Crippen LogP contribution in [0.2, 0.25) is 5.02 Å². The van der Waals surface area contributed by atoms with Crippen molar-refractivity contribution in [2.24, 2.45) is 0 Å². The third-order valence-electron chi connectivity index (χ3n) is 3.52. The van der Waals surface area contributed by atoms with Gasteiger partial charge < -0.3 is 10.1 Å². The monoisotopic (exact) mass is 303 g/mol. The molecule has 0 aliphatic heterocycles. The van der Waals surface area contributed by atoms with Gasteiger partial charge in [-0.15, -0.1) is 0 Å². The van der Waals surface area contributed by atoms with E-state index >= 15 is 0 Å². The second-order valence-corrected chi connectivity index (χ2v) is 5.60. The normalized spacial score (nSPS) is 12.2. The van der Waals surface area contributed by atoms with E-state index in [0.29, 0.717) is 10.8 Å². The Morgan fingerprint density at radius 1 is 1.10 bits per heavy atom. The number of benzene rings is 2. The molecule has 0 spiro atoms. The van der Waals surface area contributed by atoms with Crippen molar-refractivity contribution in [1.82, 2.24) is 5.32 Å². The van der Waals surface area contributed by atoms with Crippen LogP contribution in [0.25, 0.3) is 0 Å². The van der Waals surface area contributed by atoms with Gasteiger partial charge in [0, 0.05) is 0 Å². The van der Waals surface area contributed by atoms with E-state index in [2.05, 4.69) is 49.5 Å². The number of halogens is 1. The minimum absolute atomic E-state index is 0.150. The van der Waals surface area contributed by atoms with Crippen LogP contribution in [0, 0.1) is 6.92 Å². The lowest BCUT2D eigenvalue weighted by atomic mass is 9.97. The van der Waals surface area contributed by atoms with E-state index < -0.39 is 0 Å². The van der Waals surface area contributed by atoms with Crippen LogP contribution in [-0.2, 0) is 0 Å². The Bertz CT molecular complexity index is 580. The van der Waals surface area contributed by atoms with E-state index in [9.17, 15) is 0 Å². The number of hydrogen-bond donors (Lipinski definition) is 1. The molecule has 0 bridgehead atoms. The molecule has 1 unspecified atom stereocenters. The average molecular weight is 304 g/mol. The third-order valence-corrected chi connectivity index (χ3v) is 3.83. The average Bonchev–Trinajstić information content (AvgIpc) is 2.50. The molecular weight excluding hydrogens is 282 g/mol. The van der Waals surface area contributed by atoms with Crippen LogP contribution in [-0.4, -0.2) is 13.7 Å². The van der Waals surface area contributed by atoms with Crippen molar-refractivity contribution in [3.05, 3.63) is 64.2 Å². The van der Waals surface area contributed by atoms with Crippen LogP contribution in [0.5, 0.6) is 5.75 Å². The molecule has 0 heterocycles. The number of nitrogens with one attached hydrogen (secondary N) is 1. The zero-order valence-electron chi connectivity index (χ0n) is 12.8. The number of hydrogen-bond acceptors (Lipinski definition) is 2. The molecule has 21 heavy (non-hydrogen) atoms. The van der Waals surface area contributed by atoms with Crippen molar-refractivity contribution in [1.29, 1.82) is 0 Å². The fourth-order valence-corrected chi connectivity index (χ4v) is 2.53. The van der Waals surface area contributed by atoms with E-state index in [1.807, 2.05) is 12.1 Å². The van der Waals surface area contributed by atoms with Gasteiger partial charge in [-0.3, -0.25) is 0 Å². The maximum absolute atomic E-state index is 6.13. The highest BCUT2D eigenvalue weighted by Gasteiger charge is 2.15. The van der Waals surface area contributed by atoms with Crippen LogP contribution in [0.15, 0.2) is 42.5 Å². The van der Waals surface area contributed by atoms with E-state index in [1.165, 1.54) is 11.1 Å². The van der Waals surface area contributed by atoms with Gasteiger partial charge in [0.2, 0.25) is 0 Å². The van der Waals surface area contributed by atoms with Gasteiger partial charge in [0.25, 0.3) is 0 Å². The molecular formula is C18H22ClNO. The van der Waals surface area contributed by atoms with Crippen molar-refractivity contribution >= 4 is 11.6 Å². The highest BCUT2D eigenvalue weighted by Crippen LogP contribution is 2.30. The highest BCUT2D eigenvalue weighted by atomic mass is 35.5. The lowest BCUT2D eigenvalue weighted by Crippen LogP contribution is -2.23. The van der Waals surface area contributed by atoms with Crippen molar-refractivity contribution in [3.63, 3.8) is 0 Å². The molecule has 0 fully saturated rings.